The molecule has 2 atom stereocenters. The topological polar surface area (TPSA) is 38.9 Å². The van der Waals surface area contributed by atoms with E-state index in [1.165, 1.54) is 23.8 Å². The third-order valence-electron chi connectivity index (χ3n) is 4.23. The molecule has 0 amide bonds. The Morgan fingerprint density at radius 1 is 1.33 bits per heavy atom. The van der Waals surface area contributed by atoms with E-state index in [1.807, 2.05) is 12.3 Å². The largest absolute Gasteiger partial charge is 0.328 e. The molecule has 0 bridgehead atoms. The van der Waals surface area contributed by atoms with Crippen molar-refractivity contribution in [1.82, 2.24) is 4.98 Å². The summed E-state index contributed by atoms with van der Waals surface area (Å²) in [7, 11) is 0. The predicted octanol–water partition coefficient (Wildman–Crippen LogP) is 3.29. The lowest BCUT2D eigenvalue weighted by Crippen LogP contribution is -2.21. The molecule has 0 aliphatic heterocycles. The van der Waals surface area contributed by atoms with Crippen LogP contribution in [-0.2, 0) is 6.42 Å². The van der Waals surface area contributed by atoms with E-state index in [2.05, 4.69) is 36.2 Å². The van der Waals surface area contributed by atoms with Gasteiger partial charge in [0, 0.05) is 17.6 Å². The Hall–Kier alpha value is -1.41. The lowest BCUT2D eigenvalue weighted by atomic mass is 9.81. The molecule has 0 saturated heterocycles. The molecule has 1 heterocycles. The molecule has 1 aliphatic carbocycles. The van der Waals surface area contributed by atoms with Gasteiger partial charge in [-0.3, -0.25) is 4.98 Å². The minimum Gasteiger partial charge on any atom is -0.328 e. The molecule has 1 aromatic carbocycles. The van der Waals surface area contributed by atoms with Gasteiger partial charge in [-0.05, 0) is 48.8 Å². The minimum absolute atomic E-state index is 0.365. The number of aromatic nitrogens is 1. The van der Waals surface area contributed by atoms with Crippen LogP contribution in [0.3, 0.4) is 0 Å². The van der Waals surface area contributed by atoms with E-state index >= 15 is 0 Å². The average molecular weight is 240 g/mol. The molecule has 18 heavy (non-hydrogen) atoms. The zero-order valence-corrected chi connectivity index (χ0v) is 10.9. The van der Waals surface area contributed by atoms with Crippen molar-refractivity contribution >= 4 is 10.9 Å². The second-order valence-corrected chi connectivity index (χ2v) is 5.98. The molecule has 2 aromatic rings. The smallest absolute Gasteiger partial charge is 0.0704 e. The molecule has 1 aliphatic rings. The van der Waals surface area contributed by atoms with Crippen molar-refractivity contribution in [1.29, 1.82) is 0 Å². The number of rotatable bonds is 2. The second-order valence-electron chi connectivity index (χ2n) is 5.98. The van der Waals surface area contributed by atoms with Gasteiger partial charge in [0.05, 0.1) is 5.52 Å². The highest BCUT2D eigenvalue weighted by Crippen LogP contribution is 2.40. The van der Waals surface area contributed by atoms with Crippen molar-refractivity contribution in [2.45, 2.75) is 38.6 Å². The number of nitrogens with zero attached hydrogens (tertiary/aromatic N) is 1. The van der Waals surface area contributed by atoms with Crippen molar-refractivity contribution < 1.29 is 0 Å². The summed E-state index contributed by atoms with van der Waals surface area (Å²) in [5.41, 5.74) is 8.94. The third-order valence-corrected chi connectivity index (χ3v) is 4.23. The second kappa shape index (κ2) is 4.36. The maximum atomic E-state index is 6.06. The summed E-state index contributed by atoms with van der Waals surface area (Å²) in [6.45, 7) is 2.37. The number of hydrogen-bond acceptors (Lipinski definition) is 2. The van der Waals surface area contributed by atoms with Crippen LogP contribution in [0, 0.1) is 5.41 Å². The lowest BCUT2D eigenvalue weighted by Gasteiger charge is -2.24. The number of nitrogens with two attached hydrogens (primary N) is 1. The van der Waals surface area contributed by atoms with E-state index in [9.17, 15) is 0 Å². The summed E-state index contributed by atoms with van der Waals surface area (Å²) in [6, 6.07) is 11.0. The van der Waals surface area contributed by atoms with E-state index in [1.54, 1.807) is 0 Å². The normalized spacial score (nSPS) is 27.8. The van der Waals surface area contributed by atoms with Crippen LogP contribution in [0.4, 0.5) is 0 Å². The summed E-state index contributed by atoms with van der Waals surface area (Å²) in [5, 5.41) is 1.29. The molecule has 2 unspecified atom stereocenters. The van der Waals surface area contributed by atoms with Gasteiger partial charge < -0.3 is 5.73 Å². The molecule has 1 aromatic heterocycles. The first kappa shape index (κ1) is 11.7. The van der Waals surface area contributed by atoms with Gasteiger partial charge in [-0.25, -0.2) is 0 Å². The zero-order chi connectivity index (χ0) is 12.6. The summed E-state index contributed by atoms with van der Waals surface area (Å²) < 4.78 is 0. The Kier molecular flexibility index (Phi) is 2.83. The molecule has 1 saturated carbocycles. The van der Waals surface area contributed by atoms with Gasteiger partial charge in [-0.15, -0.1) is 0 Å². The molecule has 2 heteroatoms. The Morgan fingerprint density at radius 3 is 2.94 bits per heavy atom. The average Bonchev–Trinajstić information content (AvgIpc) is 2.70. The van der Waals surface area contributed by atoms with Gasteiger partial charge in [0.1, 0.15) is 0 Å². The van der Waals surface area contributed by atoms with Gasteiger partial charge in [0.15, 0.2) is 0 Å². The number of fused-ring (bicyclic) bond motifs is 1. The molecule has 0 radical (unpaired) electrons. The van der Waals surface area contributed by atoms with Gasteiger partial charge in [0.25, 0.3) is 0 Å². The van der Waals surface area contributed by atoms with Crippen molar-refractivity contribution in [3.8, 4) is 0 Å². The highest BCUT2D eigenvalue weighted by Gasteiger charge is 2.33. The van der Waals surface area contributed by atoms with Gasteiger partial charge >= 0.3 is 0 Å². The summed E-state index contributed by atoms with van der Waals surface area (Å²) in [6.07, 6.45) is 6.59. The van der Waals surface area contributed by atoms with E-state index in [0.717, 1.165) is 18.4 Å². The van der Waals surface area contributed by atoms with Crippen LogP contribution in [0.15, 0.2) is 36.5 Å². The van der Waals surface area contributed by atoms with Crippen LogP contribution in [0.5, 0.6) is 0 Å². The minimum atomic E-state index is 0.365. The maximum Gasteiger partial charge on any atom is 0.0704 e. The van der Waals surface area contributed by atoms with Crippen LogP contribution < -0.4 is 5.73 Å². The summed E-state index contributed by atoms with van der Waals surface area (Å²) >= 11 is 0. The van der Waals surface area contributed by atoms with Gasteiger partial charge in [0.2, 0.25) is 0 Å². The van der Waals surface area contributed by atoms with E-state index < -0.39 is 0 Å². The molecule has 0 spiro atoms. The first-order valence-electron chi connectivity index (χ1n) is 6.75. The highest BCUT2D eigenvalue weighted by atomic mass is 14.7. The fourth-order valence-corrected chi connectivity index (χ4v) is 3.30. The Balaban J connectivity index is 1.95. The number of pyridine rings is 1. The predicted molar refractivity (Wildman–Crippen MR) is 75.4 cm³/mol. The first-order chi connectivity index (χ1) is 8.66. The van der Waals surface area contributed by atoms with Crippen LogP contribution in [-0.4, -0.2) is 11.0 Å². The molecule has 94 valence electrons. The fraction of sp³-hybridized carbons (Fsp3) is 0.438. The molecule has 3 rings (SSSR count). The van der Waals surface area contributed by atoms with E-state index in [4.69, 9.17) is 5.73 Å². The molecule has 1 fully saturated rings. The van der Waals surface area contributed by atoms with Crippen molar-refractivity contribution in [3.05, 3.63) is 42.1 Å². The summed E-state index contributed by atoms with van der Waals surface area (Å²) in [5.74, 6) is 0. The number of hydrogen-bond donors (Lipinski definition) is 1. The number of para-hydroxylation sites is 1. The third kappa shape index (κ3) is 2.13. The quantitative estimate of drug-likeness (QED) is 0.874. The van der Waals surface area contributed by atoms with E-state index in [0.29, 0.717) is 11.5 Å². The van der Waals surface area contributed by atoms with Gasteiger partial charge in [-0.1, -0.05) is 25.1 Å². The van der Waals surface area contributed by atoms with E-state index in [-0.39, 0.29) is 0 Å². The molecular formula is C16H20N2. The Bertz CT molecular complexity index is 559. The van der Waals surface area contributed by atoms with Crippen LogP contribution in [0.1, 0.15) is 31.7 Å². The number of benzene rings is 1. The van der Waals surface area contributed by atoms with Crippen molar-refractivity contribution in [2.24, 2.45) is 11.1 Å². The standard InChI is InChI=1S/C16H20N2/c1-16(8-6-13(17)11-16)10-12-7-9-18-15-5-3-2-4-14(12)15/h2-5,7,9,13H,6,8,10-11,17H2,1H3. The Morgan fingerprint density at radius 2 is 2.17 bits per heavy atom. The van der Waals surface area contributed by atoms with Gasteiger partial charge in [-0.2, -0.15) is 0 Å². The zero-order valence-electron chi connectivity index (χ0n) is 10.9. The molecule has 2 nitrogen and oxygen atoms in total. The Labute approximate surface area is 108 Å². The maximum absolute atomic E-state index is 6.06. The lowest BCUT2D eigenvalue weighted by molar-refractivity contribution is 0.330. The molecular weight excluding hydrogens is 220 g/mol. The summed E-state index contributed by atoms with van der Waals surface area (Å²) in [4.78, 5) is 4.43. The van der Waals surface area contributed by atoms with Crippen molar-refractivity contribution in [2.75, 3.05) is 0 Å². The highest BCUT2D eigenvalue weighted by molar-refractivity contribution is 5.81. The SMILES string of the molecule is CC1(Cc2ccnc3ccccc23)CCC(N)C1. The monoisotopic (exact) mass is 240 g/mol. The van der Waals surface area contributed by atoms with Crippen molar-refractivity contribution in [3.63, 3.8) is 0 Å². The molecule has 2 N–H and O–H groups in total. The van der Waals surface area contributed by atoms with Crippen LogP contribution >= 0.6 is 0 Å². The first-order valence-corrected chi connectivity index (χ1v) is 6.75. The fourth-order valence-electron chi connectivity index (χ4n) is 3.30. The van der Waals surface area contributed by atoms with Crippen LogP contribution in [0.2, 0.25) is 0 Å². The van der Waals surface area contributed by atoms with Crippen LogP contribution in [0.25, 0.3) is 10.9 Å².